The van der Waals surface area contributed by atoms with Crippen molar-refractivity contribution < 1.29 is 38.0 Å². The van der Waals surface area contributed by atoms with Crippen molar-refractivity contribution >= 4 is 11.9 Å². The number of hydrogen-bond acceptors (Lipinski definition) is 8. The van der Waals surface area contributed by atoms with Gasteiger partial charge in [-0.25, -0.2) is 9.59 Å². The Morgan fingerprint density at radius 3 is 0.981 bits per heavy atom. The van der Waals surface area contributed by atoms with Crippen LogP contribution < -0.4 is 0 Å². The number of rotatable bonds is 38. The van der Waals surface area contributed by atoms with Crippen LogP contribution in [0.25, 0.3) is 0 Å². The van der Waals surface area contributed by atoms with Crippen LogP contribution in [0.4, 0.5) is 0 Å². The summed E-state index contributed by atoms with van der Waals surface area (Å²) in [6.07, 6.45) is 25.5. The Labute approximate surface area is 318 Å². The zero-order valence-electron chi connectivity index (χ0n) is 33.9. The Hall–Kier alpha value is -2.00. The fourth-order valence-corrected chi connectivity index (χ4v) is 5.94. The van der Waals surface area contributed by atoms with E-state index in [1.807, 2.05) is 0 Å². The second-order valence-corrected chi connectivity index (χ2v) is 14.1. The van der Waals surface area contributed by atoms with Crippen molar-refractivity contribution in [1.82, 2.24) is 0 Å². The van der Waals surface area contributed by atoms with Gasteiger partial charge in [0.05, 0.1) is 24.3 Å². The summed E-state index contributed by atoms with van der Waals surface area (Å²) in [5, 5.41) is 0. The number of carbonyl (C=O) groups excluding carboxylic acids is 2. The first kappa shape index (κ1) is 48.0. The molecule has 52 heavy (non-hydrogen) atoms. The number of carbonyl (C=O) groups is 2. The van der Waals surface area contributed by atoms with E-state index in [4.69, 9.17) is 28.4 Å². The lowest BCUT2D eigenvalue weighted by Crippen LogP contribution is -2.21. The Balaban J connectivity index is 2.54. The number of ether oxygens (including phenoxy) is 6. The molecule has 0 amide bonds. The molecule has 302 valence electrons. The molecule has 0 unspecified atom stereocenters. The monoisotopic (exact) mass is 735 g/mol. The van der Waals surface area contributed by atoms with Crippen LogP contribution in [0.5, 0.6) is 0 Å². The molecule has 0 saturated heterocycles. The highest BCUT2D eigenvalue weighted by molar-refractivity contribution is 6.03. The lowest BCUT2D eigenvalue weighted by molar-refractivity contribution is -0.149. The first-order valence-corrected chi connectivity index (χ1v) is 21.5. The minimum atomic E-state index is -0.530. The summed E-state index contributed by atoms with van der Waals surface area (Å²) in [7, 11) is 0. The molecule has 1 aromatic rings. The maximum absolute atomic E-state index is 13.1. The summed E-state index contributed by atoms with van der Waals surface area (Å²) in [6, 6.07) is 6.69. The van der Waals surface area contributed by atoms with E-state index in [9.17, 15) is 9.59 Å². The van der Waals surface area contributed by atoms with E-state index >= 15 is 0 Å². The lowest BCUT2D eigenvalue weighted by atomic mass is 10.1. The molecule has 0 atom stereocenters. The largest absolute Gasteiger partial charge is 0.462 e. The van der Waals surface area contributed by atoms with Gasteiger partial charge in [0.15, 0.2) is 12.6 Å². The van der Waals surface area contributed by atoms with Crippen molar-refractivity contribution in [1.29, 1.82) is 0 Å². The number of unbranched alkanes of at least 4 members (excludes halogenated alkanes) is 16. The standard InChI is InChI=1S/C44H78O8/c1-5-9-13-17-23-33-47-41(48-34-24-18-14-10-6-2)31-27-37-51-43(45)39-29-21-22-30-40(39)44(46)52-38-28-32-42(49-35-25-19-15-11-7-3)50-36-26-20-16-12-8-4/h21-22,29-30,41-42H,5-20,23-28,31-38H2,1-4H3. The van der Waals surface area contributed by atoms with Crippen molar-refractivity contribution in [2.75, 3.05) is 39.6 Å². The minimum Gasteiger partial charge on any atom is -0.462 e. The molecule has 0 bridgehead atoms. The van der Waals surface area contributed by atoms with E-state index < -0.39 is 11.9 Å². The predicted molar refractivity (Wildman–Crippen MR) is 212 cm³/mol. The zero-order valence-corrected chi connectivity index (χ0v) is 33.9. The van der Waals surface area contributed by atoms with Gasteiger partial charge in [-0.2, -0.15) is 0 Å². The molecule has 0 fully saturated rings. The smallest absolute Gasteiger partial charge is 0.339 e. The van der Waals surface area contributed by atoms with Gasteiger partial charge in [0.25, 0.3) is 0 Å². The molecule has 8 nitrogen and oxygen atoms in total. The van der Waals surface area contributed by atoms with E-state index in [1.54, 1.807) is 24.3 Å². The normalized spacial score (nSPS) is 11.5. The first-order chi connectivity index (χ1) is 25.6. The van der Waals surface area contributed by atoms with Gasteiger partial charge in [-0.1, -0.05) is 143 Å². The molecule has 0 aliphatic rings. The highest BCUT2D eigenvalue weighted by Gasteiger charge is 2.20. The highest BCUT2D eigenvalue weighted by atomic mass is 16.7. The van der Waals surface area contributed by atoms with Crippen LogP contribution in [-0.2, 0) is 28.4 Å². The van der Waals surface area contributed by atoms with Crippen molar-refractivity contribution in [3.8, 4) is 0 Å². The van der Waals surface area contributed by atoms with Gasteiger partial charge >= 0.3 is 11.9 Å². The zero-order chi connectivity index (χ0) is 37.7. The van der Waals surface area contributed by atoms with Gasteiger partial charge in [0, 0.05) is 39.3 Å². The SMILES string of the molecule is CCCCCCCOC(CCCOC(=O)c1ccccc1C(=O)OCCCC(OCCCCCCC)OCCCCCCC)OCCCCCCC. The summed E-state index contributed by atoms with van der Waals surface area (Å²) in [5.41, 5.74) is 0.429. The van der Waals surface area contributed by atoms with Crippen LogP contribution in [0.3, 0.4) is 0 Å². The molecular weight excluding hydrogens is 656 g/mol. The maximum atomic E-state index is 13.1. The van der Waals surface area contributed by atoms with Gasteiger partial charge in [-0.05, 0) is 50.7 Å². The van der Waals surface area contributed by atoms with E-state index in [-0.39, 0.29) is 36.9 Å². The molecule has 1 rings (SSSR count). The van der Waals surface area contributed by atoms with Crippen LogP contribution >= 0.6 is 0 Å². The Bertz CT molecular complexity index is 847. The topological polar surface area (TPSA) is 89.5 Å². The van der Waals surface area contributed by atoms with E-state index in [0.29, 0.717) is 52.1 Å². The van der Waals surface area contributed by atoms with Crippen molar-refractivity contribution in [2.24, 2.45) is 0 Å². The van der Waals surface area contributed by atoms with Gasteiger partial charge in [0.2, 0.25) is 0 Å². The molecule has 8 heteroatoms. The van der Waals surface area contributed by atoms with E-state index in [1.165, 1.54) is 103 Å². The summed E-state index contributed by atoms with van der Waals surface area (Å²) in [5.74, 6) is -1.06. The molecule has 1 aromatic carbocycles. The second kappa shape index (κ2) is 36.0. The van der Waals surface area contributed by atoms with Crippen molar-refractivity contribution in [3.05, 3.63) is 35.4 Å². The first-order valence-electron chi connectivity index (χ1n) is 21.5. The lowest BCUT2D eigenvalue weighted by Gasteiger charge is -2.19. The number of esters is 2. The van der Waals surface area contributed by atoms with Gasteiger partial charge in [0.1, 0.15) is 0 Å². The van der Waals surface area contributed by atoms with Gasteiger partial charge in [-0.3, -0.25) is 0 Å². The third-order valence-corrected chi connectivity index (χ3v) is 9.21. The third-order valence-electron chi connectivity index (χ3n) is 9.21. The Morgan fingerprint density at radius 1 is 0.404 bits per heavy atom. The molecule has 0 N–H and O–H groups in total. The molecular formula is C44H78O8. The fourth-order valence-electron chi connectivity index (χ4n) is 5.94. The molecule has 0 radical (unpaired) electrons. The van der Waals surface area contributed by atoms with Gasteiger partial charge in [-0.15, -0.1) is 0 Å². The fraction of sp³-hybridized carbons (Fsp3) is 0.818. The summed E-state index contributed by atoms with van der Waals surface area (Å²) in [6.45, 7) is 12.0. The minimum absolute atomic E-state index is 0.214. The second-order valence-electron chi connectivity index (χ2n) is 14.1. The molecule has 0 saturated carbocycles. The summed E-state index contributed by atoms with van der Waals surface area (Å²) >= 11 is 0. The molecule has 0 aromatic heterocycles. The van der Waals surface area contributed by atoms with E-state index in [2.05, 4.69) is 27.7 Å². The quantitative estimate of drug-likeness (QED) is 0.0377. The predicted octanol–water partition coefficient (Wildman–Crippen LogP) is 12.2. The Morgan fingerprint density at radius 2 is 0.692 bits per heavy atom. The molecule has 0 aliphatic heterocycles. The molecule has 0 spiro atoms. The van der Waals surface area contributed by atoms with Crippen LogP contribution in [0.15, 0.2) is 24.3 Å². The summed E-state index contributed by atoms with van der Waals surface area (Å²) in [4.78, 5) is 26.1. The maximum Gasteiger partial charge on any atom is 0.339 e. The molecule has 0 aliphatic carbocycles. The van der Waals surface area contributed by atoms with Crippen molar-refractivity contribution in [2.45, 2.75) is 194 Å². The Kier molecular flexibility index (Phi) is 33.2. The van der Waals surface area contributed by atoms with Crippen LogP contribution in [-0.4, -0.2) is 64.2 Å². The highest BCUT2D eigenvalue weighted by Crippen LogP contribution is 2.16. The summed E-state index contributed by atoms with van der Waals surface area (Å²) < 4.78 is 35.6. The van der Waals surface area contributed by atoms with Gasteiger partial charge < -0.3 is 28.4 Å². The van der Waals surface area contributed by atoms with Crippen LogP contribution in [0, 0.1) is 0 Å². The van der Waals surface area contributed by atoms with Crippen LogP contribution in [0.1, 0.15) is 203 Å². The number of benzene rings is 1. The third kappa shape index (κ3) is 26.7. The van der Waals surface area contributed by atoms with Crippen LogP contribution in [0.2, 0.25) is 0 Å². The number of hydrogen-bond donors (Lipinski definition) is 0. The van der Waals surface area contributed by atoms with E-state index in [0.717, 1.165) is 25.7 Å². The molecule has 0 heterocycles. The average molecular weight is 735 g/mol. The van der Waals surface area contributed by atoms with Crippen molar-refractivity contribution in [3.63, 3.8) is 0 Å². The average Bonchev–Trinajstić information content (AvgIpc) is 3.16.